The van der Waals surface area contributed by atoms with Gasteiger partial charge in [0.1, 0.15) is 6.61 Å². The van der Waals surface area contributed by atoms with E-state index in [4.69, 9.17) is 4.74 Å². The summed E-state index contributed by atoms with van der Waals surface area (Å²) in [5, 5.41) is 0. The van der Waals surface area contributed by atoms with Crippen molar-refractivity contribution in [1.29, 1.82) is 0 Å². The Morgan fingerprint density at radius 3 is 2.48 bits per heavy atom. The third-order valence-electron chi connectivity index (χ3n) is 4.93. The number of ether oxygens (including phenoxy) is 1. The van der Waals surface area contributed by atoms with Crippen LogP contribution >= 0.6 is 0 Å². The average Bonchev–Trinajstić information content (AvgIpc) is 2.72. The Morgan fingerprint density at radius 2 is 1.95 bits per heavy atom. The molecule has 1 fully saturated rings. The van der Waals surface area contributed by atoms with Gasteiger partial charge in [0.05, 0.1) is 6.10 Å². The number of nitrogens with zero attached hydrogens (tertiary/aromatic N) is 1. The fourth-order valence-electron chi connectivity index (χ4n) is 3.38. The van der Waals surface area contributed by atoms with E-state index in [-0.39, 0.29) is 18.5 Å². The molecular weight excluding hydrogens is 262 g/mol. The molecule has 0 radical (unpaired) electrons. The summed E-state index contributed by atoms with van der Waals surface area (Å²) in [5.41, 5.74) is 3.48. The highest BCUT2D eigenvalue weighted by molar-refractivity contribution is 5.98. The number of Topliss-reactive ketones (excluding diaryl/α,β-unsaturated/α-hetero) is 1. The highest BCUT2D eigenvalue weighted by Crippen LogP contribution is 2.36. The summed E-state index contributed by atoms with van der Waals surface area (Å²) in [4.78, 5) is 12.4. The van der Waals surface area contributed by atoms with Gasteiger partial charge >= 0.3 is 0 Å². The summed E-state index contributed by atoms with van der Waals surface area (Å²) >= 11 is 0. The van der Waals surface area contributed by atoms with Crippen molar-refractivity contribution in [2.24, 2.45) is 5.41 Å². The molecule has 1 aromatic heterocycles. The van der Waals surface area contributed by atoms with Crippen LogP contribution in [0.1, 0.15) is 68.2 Å². The Labute approximate surface area is 128 Å². The van der Waals surface area contributed by atoms with Crippen molar-refractivity contribution >= 4 is 5.78 Å². The molecule has 1 heterocycles. The van der Waals surface area contributed by atoms with E-state index >= 15 is 0 Å². The van der Waals surface area contributed by atoms with Crippen molar-refractivity contribution in [3.8, 4) is 0 Å². The predicted octanol–water partition coefficient (Wildman–Crippen LogP) is 4.29. The Kier molecular flexibility index (Phi) is 4.92. The standard InChI is InChI=1S/C18H29NO2/c1-6-19-13(2)11-16(14(19)3)17(20)12-21-15-7-9-18(4,5)10-8-15/h11,15H,6-10,12H2,1-5H3. The van der Waals surface area contributed by atoms with E-state index in [0.717, 1.165) is 36.3 Å². The van der Waals surface area contributed by atoms with Crippen molar-refractivity contribution in [3.63, 3.8) is 0 Å². The van der Waals surface area contributed by atoms with Gasteiger partial charge in [-0.2, -0.15) is 0 Å². The normalized spacial score (nSPS) is 18.9. The Bertz CT molecular complexity index is 504. The van der Waals surface area contributed by atoms with E-state index < -0.39 is 0 Å². The molecule has 0 aromatic carbocycles. The second-order valence-corrected chi connectivity index (χ2v) is 7.13. The van der Waals surface area contributed by atoms with Gasteiger partial charge in [-0.15, -0.1) is 0 Å². The molecule has 0 saturated heterocycles. The minimum atomic E-state index is 0.118. The minimum Gasteiger partial charge on any atom is -0.370 e. The van der Waals surface area contributed by atoms with E-state index in [1.54, 1.807) is 0 Å². The number of aromatic nitrogens is 1. The van der Waals surface area contributed by atoms with Gasteiger partial charge < -0.3 is 9.30 Å². The van der Waals surface area contributed by atoms with E-state index in [0.29, 0.717) is 5.41 Å². The van der Waals surface area contributed by atoms with Crippen molar-refractivity contribution in [2.75, 3.05) is 6.61 Å². The number of carbonyl (C=O) groups excluding carboxylic acids is 1. The summed E-state index contributed by atoms with van der Waals surface area (Å²) < 4.78 is 8.05. The topological polar surface area (TPSA) is 31.2 Å². The quantitative estimate of drug-likeness (QED) is 0.758. The van der Waals surface area contributed by atoms with E-state index in [1.807, 2.05) is 13.0 Å². The Hall–Kier alpha value is -1.09. The summed E-state index contributed by atoms with van der Waals surface area (Å²) in [7, 11) is 0. The van der Waals surface area contributed by atoms with Crippen LogP contribution in [0.4, 0.5) is 0 Å². The molecule has 0 N–H and O–H groups in total. The lowest BCUT2D eigenvalue weighted by atomic mass is 9.76. The predicted molar refractivity (Wildman–Crippen MR) is 85.9 cm³/mol. The zero-order chi connectivity index (χ0) is 15.6. The van der Waals surface area contributed by atoms with Crippen LogP contribution in [0.25, 0.3) is 0 Å². The molecule has 0 aliphatic heterocycles. The molecule has 1 aliphatic carbocycles. The van der Waals surface area contributed by atoms with E-state index in [9.17, 15) is 4.79 Å². The van der Waals surface area contributed by atoms with Gasteiger partial charge in [-0.25, -0.2) is 0 Å². The molecule has 0 amide bonds. The molecule has 3 heteroatoms. The number of hydrogen-bond donors (Lipinski definition) is 0. The third kappa shape index (κ3) is 3.76. The molecular formula is C18H29NO2. The van der Waals surface area contributed by atoms with Gasteiger partial charge in [0.2, 0.25) is 0 Å². The second-order valence-electron chi connectivity index (χ2n) is 7.13. The van der Waals surface area contributed by atoms with Crippen molar-refractivity contribution in [2.45, 2.75) is 73.0 Å². The maximum Gasteiger partial charge on any atom is 0.190 e. The lowest BCUT2D eigenvalue weighted by Crippen LogP contribution is -2.28. The number of rotatable bonds is 5. The van der Waals surface area contributed by atoms with Gasteiger partial charge in [0.15, 0.2) is 5.78 Å². The van der Waals surface area contributed by atoms with Crippen LogP contribution in [0.2, 0.25) is 0 Å². The van der Waals surface area contributed by atoms with Crippen molar-refractivity contribution in [3.05, 3.63) is 23.0 Å². The van der Waals surface area contributed by atoms with Crippen LogP contribution in [0.3, 0.4) is 0 Å². The van der Waals surface area contributed by atoms with Crippen molar-refractivity contribution < 1.29 is 9.53 Å². The first-order valence-electron chi connectivity index (χ1n) is 8.15. The molecule has 118 valence electrons. The summed E-state index contributed by atoms with van der Waals surface area (Å²) in [5.74, 6) is 0.118. The van der Waals surface area contributed by atoms with Crippen LogP contribution in [0.15, 0.2) is 6.07 Å². The minimum absolute atomic E-state index is 0.118. The number of ketones is 1. The highest BCUT2D eigenvalue weighted by Gasteiger charge is 2.27. The Balaban J connectivity index is 1.91. The number of aryl methyl sites for hydroxylation is 1. The highest BCUT2D eigenvalue weighted by atomic mass is 16.5. The molecule has 0 atom stereocenters. The van der Waals surface area contributed by atoms with Crippen molar-refractivity contribution in [1.82, 2.24) is 4.57 Å². The monoisotopic (exact) mass is 291 g/mol. The molecule has 3 nitrogen and oxygen atoms in total. The summed E-state index contributed by atoms with van der Waals surface area (Å²) in [6.07, 6.45) is 4.80. The summed E-state index contributed by atoms with van der Waals surface area (Å²) in [6.45, 7) is 11.9. The number of carbonyl (C=O) groups is 1. The Morgan fingerprint density at radius 1 is 1.33 bits per heavy atom. The van der Waals surface area contributed by atoms with E-state index in [1.165, 1.54) is 12.8 Å². The average molecular weight is 291 g/mol. The van der Waals surface area contributed by atoms with Crippen LogP contribution in [0, 0.1) is 19.3 Å². The first-order valence-corrected chi connectivity index (χ1v) is 8.15. The van der Waals surface area contributed by atoms with Crippen LogP contribution < -0.4 is 0 Å². The molecule has 2 rings (SSSR count). The third-order valence-corrected chi connectivity index (χ3v) is 4.93. The van der Waals surface area contributed by atoms with Crippen LogP contribution in [0.5, 0.6) is 0 Å². The van der Waals surface area contributed by atoms with Gasteiger partial charge in [0.25, 0.3) is 0 Å². The first kappa shape index (κ1) is 16.3. The zero-order valence-electron chi connectivity index (χ0n) is 14.2. The lowest BCUT2D eigenvalue weighted by Gasteiger charge is -2.34. The fraction of sp³-hybridized carbons (Fsp3) is 0.722. The molecule has 1 saturated carbocycles. The second kappa shape index (κ2) is 6.35. The molecule has 1 aliphatic rings. The van der Waals surface area contributed by atoms with Gasteiger partial charge in [-0.1, -0.05) is 13.8 Å². The van der Waals surface area contributed by atoms with Gasteiger partial charge in [-0.05, 0) is 57.9 Å². The van der Waals surface area contributed by atoms with E-state index in [2.05, 4.69) is 32.3 Å². The smallest absolute Gasteiger partial charge is 0.190 e. The fourth-order valence-corrected chi connectivity index (χ4v) is 3.38. The largest absolute Gasteiger partial charge is 0.370 e. The zero-order valence-corrected chi connectivity index (χ0v) is 14.2. The van der Waals surface area contributed by atoms with Gasteiger partial charge in [0, 0.05) is 23.5 Å². The maximum atomic E-state index is 12.4. The molecule has 0 bridgehead atoms. The lowest BCUT2D eigenvalue weighted by molar-refractivity contribution is 0.00860. The summed E-state index contributed by atoms with van der Waals surface area (Å²) in [6, 6.07) is 1.99. The molecule has 1 aromatic rings. The van der Waals surface area contributed by atoms with Crippen LogP contribution in [-0.4, -0.2) is 23.1 Å². The molecule has 0 unspecified atom stereocenters. The first-order chi connectivity index (χ1) is 9.84. The van der Waals surface area contributed by atoms with Gasteiger partial charge in [-0.3, -0.25) is 4.79 Å². The maximum absolute atomic E-state index is 12.4. The number of hydrogen-bond acceptors (Lipinski definition) is 2. The van der Waals surface area contributed by atoms with Crippen LogP contribution in [-0.2, 0) is 11.3 Å². The molecule has 0 spiro atoms. The molecule has 21 heavy (non-hydrogen) atoms. The SMILES string of the molecule is CCn1c(C)cc(C(=O)COC2CCC(C)(C)CC2)c1C.